The van der Waals surface area contributed by atoms with Gasteiger partial charge in [0, 0.05) is 13.5 Å². The van der Waals surface area contributed by atoms with E-state index >= 15 is 0 Å². The minimum atomic E-state index is -1.17. The van der Waals surface area contributed by atoms with Crippen LogP contribution in [0.4, 0.5) is 0 Å². The number of carbonyl (C=O) groups is 1. The highest BCUT2D eigenvalue weighted by Crippen LogP contribution is 2.37. The Bertz CT molecular complexity index is 379. The number of fused-ring (bicyclic) bond motifs is 2. The van der Waals surface area contributed by atoms with E-state index in [1.165, 1.54) is 13.3 Å². The fourth-order valence-corrected chi connectivity index (χ4v) is 2.95. The van der Waals surface area contributed by atoms with E-state index in [0.717, 1.165) is 19.3 Å². The molecule has 22 heavy (non-hydrogen) atoms. The van der Waals surface area contributed by atoms with Crippen LogP contribution in [-0.2, 0) is 19.0 Å². The number of aliphatic hydroxyl groups excluding tert-OH is 2. The van der Waals surface area contributed by atoms with Gasteiger partial charge in [-0.2, -0.15) is 0 Å². The molecule has 0 aromatic rings. The SMILES string of the molecule is CCCCCCOCC12COC(O1)C(NC(C)=O)C(O)C2O. The van der Waals surface area contributed by atoms with E-state index in [1.54, 1.807) is 0 Å². The van der Waals surface area contributed by atoms with Gasteiger partial charge in [0.2, 0.25) is 5.91 Å². The van der Waals surface area contributed by atoms with Crippen LogP contribution >= 0.6 is 0 Å². The Hall–Kier alpha value is -0.730. The summed E-state index contributed by atoms with van der Waals surface area (Å²) in [6.07, 6.45) is 1.34. The number of unbranched alkanes of at least 4 members (excludes halogenated alkanes) is 3. The van der Waals surface area contributed by atoms with Crippen LogP contribution in [0, 0.1) is 0 Å². The molecule has 2 aliphatic heterocycles. The third-order valence-electron chi connectivity index (χ3n) is 4.22. The highest BCUT2D eigenvalue weighted by Gasteiger charge is 2.59. The van der Waals surface area contributed by atoms with Crippen LogP contribution in [0.25, 0.3) is 0 Å². The maximum Gasteiger partial charge on any atom is 0.217 e. The van der Waals surface area contributed by atoms with Crippen molar-refractivity contribution in [3.63, 3.8) is 0 Å². The molecule has 0 radical (unpaired) electrons. The van der Waals surface area contributed by atoms with Gasteiger partial charge in [-0.1, -0.05) is 26.2 Å². The normalized spacial score (nSPS) is 37.3. The number of aliphatic hydroxyl groups is 2. The minimum Gasteiger partial charge on any atom is -0.388 e. The lowest BCUT2D eigenvalue weighted by atomic mass is 9.88. The molecule has 0 aromatic heterocycles. The Labute approximate surface area is 130 Å². The number of ether oxygens (including phenoxy) is 3. The Kier molecular flexibility index (Phi) is 6.17. The van der Waals surface area contributed by atoms with Crippen molar-refractivity contribution in [3.8, 4) is 0 Å². The van der Waals surface area contributed by atoms with Gasteiger partial charge in [0.25, 0.3) is 0 Å². The molecule has 128 valence electrons. The summed E-state index contributed by atoms with van der Waals surface area (Å²) in [5.74, 6) is -0.310. The molecule has 2 heterocycles. The molecule has 2 aliphatic rings. The molecule has 0 saturated carbocycles. The van der Waals surface area contributed by atoms with Crippen molar-refractivity contribution in [1.29, 1.82) is 0 Å². The van der Waals surface area contributed by atoms with E-state index in [4.69, 9.17) is 14.2 Å². The molecule has 5 unspecified atom stereocenters. The van der Waals surface area contributed by atoms with Crippen LogP contribution in [0.1, 0.15) is 39.5 Å². The first-order chi connectivity index (χ1) is 10.5. The molecule has 7 nitrogen and oxygen atoms in total. The average Bonchev–Trinajstić information content (AvgIpc) is 2.88. The van der Waals surface area contributed by atoms with Gasteiger partial charge in [0.05, 0.1) is 13.2 Å². The van der Waals surface area contributed by atoms with E-state index < -0.39 is 30.1 Å². The molecule has 3 N–H and O–H groups in total. The summed E-state index contributed by atoms with van der Waals surface area (Å²) < 4.78 is 16.8. The summed E-state index contributed by atoms with van der Waals surface area (Å²) in [7, 11) is 0. The van der Waals surface area contributed by atoms with E-state index in [2.05, 4.69) is 12.2 Å². The lowest BCUT2D eigenvalue weighted by Gasteiger charge is -2.42. The summed E-state index contributed by atoms with van der Waals surface area (Å²) in [4.78, 5) is 11.2. The van der Waals surface area contributed by atoms with Crippen molar-refractivity contribution in [2.45, 2.75) is 69.7 Å². The van der Waals surface area contributed by atoms with Crippen molar-refractivity contribution in [1.82, 2.24) is 5.32 Å². The molecule has 0 aromatic carbocycles. The van der Waals surface area contributed by atoms with Gasteiger partial charge in [0.15, 0.2) is 6.29 Å². The van der Waals surface area contributed by atoms with Crippen molar-refractivity contribution in [2.24, 2.45) is 0 Å². The number of amides is 1. The third-order valence-corrected chi connectivity index (χ3v) is 4.22. The van der Waals surface area contributed by atoms with Crippen molar-refractivity contribution in [3.05, 3.63) is 0 Å². The third kappa shape index (κ3) is 3.78. The van der Waals surface area contributed by atoms with E-state index in [0.29, 0.717) is 6.61 Å². The number of carbonyl (C=O) groups excluding carboxylic acids is 1. The van der Waals surface area contributed by atoms with Crippen molar-refractivity contribution in [2.75, 3.05) is 19.8 Å². The standard InChI is InChI=1S/C15H27NO6/c1-3-4-5-6-7-20-8-15-9-21-14(22-15)11(16-10(2)17)12(18)13(15)19/h11-14,18-19H,3-9H2,1-2H3,(H,16,17). The summed E-state index contributed by atoms with van der Waals surface area (Å²) in [5, 5.41) is 23.1. The fourth-order valence-electron chi connectivity index (χ4n) is 2.95. The predicted octanol–water partition coefficient (Wildman–Crippen LogP) is -0.0649. The summed E-state index contributed by atoms with van der Waals surface area (Å²) in [6.45, 7) is 4.39. The molecule has 0 aliphatic carbocycles. The topological polar surface area (TPSA) is 97.2 Å². The highest BCUT2D eigenvalue weighted by atomic mass is 16.7. The highest BCUT2D eigenvalue weighted by molar-refractivity contribution is 5.73. The van der Waals surface area contributed by atoms with Gasteiger partial charge in [-0.05, 0) is 6.42 Å². The molecule has 2 bridgehead atoms. The van der Waals surface area contributed by atoms with Crippen molar-refractivity contribution >= 4 is 5.91 Å². The lowest BCUT2D eigenvalue weighted by molar-refractivity contribution is -0.237. The Morgan fingerprint density at radius 1 is 1.36 bits per heavy atom. The first kappa shape index (κ1) is 17.6. The maximum absolute atomic E-state index is 11.2. The monoisotopic (exact) mass is 317 g/mol. The van der Waals surface area contributed by atoms with Crippen LogP contribution in [0.5, 0.6) is 0 Å². The first-order valence-corrected chi connectivity index (χ1v) is 8.00. The first-order valence-electron chi connectivity index (χ1n) is 8.00. The van der Waals surface area contributed by atoms with Crippen LogP contribution in [0.3, 0.4) is 0 Å². The quantitative estimate of drug-likeness (QED) is 0.543. The van der Waals surface area contributed by atoms with Gasteiger partial charge in [0.1, 0.15) is 23.9 Å². The zero-order chi connectivity index (χ0) is 16.2. The number of hydrogen-bond acceptors (Lipinski definition) is 6. The lowest BCUT2D eigenvalue weighted by Crippen LogP contribution is -2.66. The van der Waals surface area contributed by atoms with Crippen LogP contribution in [0.15, 0.2) is 0 Å². The van der Waals surface area contributed by atoms with Crippen molar-refractivity contribution < 1.29 is 29.2 Å². The second-order valence-electron chi connectivity index (χ2n) is 6.14. The molecular formula is C15H27NO6. The molecule has 7 heteroatoms. The largest absolute Gasteiger partial charge is 0.388 e. The van der Waals surface area contributed by atoms with Gasteiger partial charge >= 0.3 is 0 Å². The second-order valence-corrected chi connectivity index (χ2v) is 6.14. The fraction of sp³-hybridized carbons (Fsp3) is 0.933. The molecule has 1 amide bonds. The van der Waals surface area contributed by atoms with E-state index in [-0.39, 0.29) is 19.1 Å². The van der Waals surface area contributed by atoms with Crippen LogP contribution in [0.2, 0.25) is 0 Å². The average molecular weight is 317 g/mol. The Morgan fingerprint density at radius 3 is 2.82 bits per heavy atom. The van der Waals surface area contributed by atoms with Gasteiger partial charge in [-0.15, -0.1) is 0 Å². The van der Waals surface area contributed by atoms with Gasteiger partial charge in [-0.25, -0.2) is 0 Å². The summed E-state index contributed by atoms with van der Waals surface area (Å²) >= 11 is 0. The smallest absolute Gasteiger partial charge is 0.217 e. The van der Waals surface area contributed by atoms with Crippen LogP contribution < -0.4 is 5.32 Å². The Morgan fingerprint density at radius 2 is 2.14 bits per heavy atom. The van der Waals surface area contributed by atoms with Crippen LogP contribution in [-0.4, -0.2) is 66.1 Å². The summed E-state index contributed by atoms with van der Waals surface area (Å²) in [5.41, 5.74) is -1.05. The maximum atomic E-state index is 11.2. The molecule has 2 rings (SSSR count). The number of rotatable bonds is 8. The van der Waals surface area contributed by atoms with Gasteiger partial charge < -0.3 is 29.7 Å². The summed E-state index contributed by atoms with van der Waals surface area (Å²) in [6, 6.07) is -0.771. The molecule has 5 atom stereocenters. The van der Waals surface area contributed by atoms with E-state index in [1.807, 2.05) is 0 Å². The zero-order valence-corrected chi connectivity index (χ0v) is 13.3. The molecule has 2 saturated heterocycles. The van der Waals surface area contributed by atoms with Gasteiger partial charge in [-0.3, -0.25) is 4.79 Å². The second kappa shape index (κ2) is 7.70. The van der Waals surface area contributed by atoms with E-state index in [9.17, 15) is 15.0 Å². The zero-order valence-electron chi connectivity index (χ0n) is 13.3. The predicted molar refractivity (Wildman–Crippen MR) is 78.1 cm³/mol. The molecule has 2 fully saturated rings. The number of nitrogens with one attached hydrogen (secondary N) is 1. The Balaban J connectivity index is 1.86. The minimum absolute atomic E-state index is 0.140. The number of hydrogen-bond donors (Lipinski definition) is 3. The molecular weight excluding hydrogens is 290 g/mol. The molecule has 0 spiro atoms.